The molecule has 0 aliphatic heterocycles. The Kier molecular flexibility index (Phi) is 43.6. The van der Waals surface area contributed by atoms with Gasteiger partial charge in [-0.2, -0.15) is 0 Å². The van der Waals surface area contributed by atoms with Crippen molar-refractivity contribution in [2.45, 2.75) is 271 Å². The van der Waals surface area contributed by atoms with E-state index >= 15 is 0 Å². The van der Waals surface area contributed by atoms with Gasteiger partial charge in [-0.15, -0.1) is 12.6 Å². The standard InChI is InChI=1S/C45H91NS2/c1-3-5-7-9-11-13-15-17-19-21-23-25-27-29-31-33-35-37-39-41-43-46(45(47)48)44-42-40-38-36-34-32-30-28-26-24-22-20-18-16-14-12-10-8-6-4-2/h3-44H2,1-2H3,(H,47,48). The first-order chi connectivity index (χ1) is 23.7. The molecule has 0 saturated heterocycles. The van der Waals surface area contributed by atoms with Gasteiger partial charge in [0.25, 0.3) is 0 Å². The highest BCUT2D eigenvalue weighted by atomic mass is 32.1. The Morgan fingerprint density at radius 1 is 0.292 bits per heavy atom. The Balaban J connectivity index is 3.34. The third-order valence-corrected chi connectivity index (χ3v) is 11.4. The van der Waals surface area contributed by atoms with Crippen molar-refractivity contribution >= 4 is 29.2 Å². The maximum atomic E-state index is 5.46. The largest absolute Gasteiger partial charge is 0.358 e. The second-order valence-corrected chi connectivity index (χ2v) is 16.8. The fourth-order valence-electron chi connectivity index (χ4n) is 7.42. The van der Waals surface area contributed by atoms with Crippen molar-refractivity contribution < 1.29 is 0 Å². The average Bonchev–Trinajstić information content (AvgIpc) is 3.08. The summed E-state index contributed by atoms with van der Waals surface area (Å²) in [6.07, 6.45) is 57.5. The van der Waals surface area contributed by atoms with Crippen LogP contribution >= 0.6 is 24.8 Å². The molecule has 1 nitrogen and oxygen atoms in total. The summed E-state index contributed by atoms with van der Waals surface area (Å²) in [6.45, 7) is 6.84. The molecule has 0 aliphatic rings. The molecule has 0 aromatic carbocycles. The molecule has 0 atom stereocenters. The van der Waals surface area contributed by atoms with Crippen LogP contribution in [0.25, 0.3) is 0 Å². The van der Waals surface area contributed by atoms with E-state index < -0.39 is 0 Å². The predicted molar refractivity (Wildman–Crippen MR) is 229 cm³/mol. The van der Waals surface area contributed by atoms with Crippen LogP contribution in [0.3, 0.4) is 0 Å². The molecule has 0 N–H and O–H groups in total. The van der Waals surface area contributed by atoms with Gasteiger partial charge in [-0.3, -0.25) is 0 Å². The van der Waals surface area contributed by atoms with Gasteiger partial charge in [0.05, 0.1) is 0 Å². The molecule has 0 aliphatic carbocycles. The highest BCUT2D eigenvalue weighted by Gasteiger charge is 2.06. The van der Waals surface area contributed by atoms with Gasteiger partial charge in [-0.1, -0.05) is 270 Å². The highest BCUT2D eigenvalue weighted by Crippen LogP contribution is 2.17. The number of rotatable bonds is 42. The second kappa shape index (κ2) is 43.4. The fourth-order valence-corrected chi connectivity index (χ4v) is 7.80. The van der Waals surface area contributed by atoms with Crippen LogP contribution < -0.4 is 0 Å². The number of nitrogens with zero attached hydrogens (tertiary/aromatic N) is 1. The lowest BCUT2D eigenvalue weighted by molar-refractivity contribution is 0.394. The minimum Gasteiger partial charge on any atom is -0.358 e. The van der Waals surface area contributed by atoms with E-state index in [1.54, 1.807) is 0 Å². The number of hydrogen-bond acceptors (Lipinski definition) is 1. The summed E-state index contributed by atoms with van der Waals surface area (Å²) in [5, 5.41) is 0. The maximum Gasteiger partial charge on any atom is 0.133 e. The first kappa shape index (κ1) is 48.2. The molecule has 0 aromatic heterocycles. The Labute approximate surface area is 316 Å². The van der Waals surface area contributed by atoms with Crippen LogP contribution in [-0.4, -0.2) is 22.3 Å². The third kappa shape index (κ3) is 40.7. The van der Waals surface area contributed by atoms with Crippen LogP contribution in [0.5, 0.6) is 0 Å². The summed E-state index contributed by atoms with van der Waals surface area (Å²) in [6, 6.07) is 0. The highest BCUT2D eigenvalue weighted by molar-refractivity contribution is 8.10. The Hall–Kier alpha value is 0.240. The van der Waals surface area contributed by atoms with Crippen LogP contribution in [-0.2, 0) is 0 Å². The van der Waals surface area contributed by atoms with Crippen LogP contribution in [0.1, 0.15) is 271 Å². The minimum atomic E-state index is 0.811. The SMILES string of the molecule is CCCCCCCCCCCCCCCCCCCCCCN(CCCCCCCCCCCCCCCCCCCCCC)C(=S)S. The van der Waals surface area contributed by atoms with Gasteiger partial charge in [0.1, 0.15) is 4.32 Å². The van der Waals surface area contributed by atoms with Crippen molar-refractivity contribution in [1.82, 2.24) is 4.90 Å². The molecule has 0 amide bonds. The molecule has 48 heavy (non-hydrogen) atoms. The molecule has 0 heterocycles. The molecule has 0 bridgehead atoms. The molecule has 0 rings (SSSR count). The van der Waals surface area contributed by atoms with Crippen LogP contribution in [0.15, 0.2) is 0 Å². The van der Waals surface area contributed by atoms with E-state index in [4.69, 9.17) is 12.2 Å². The van der Waals surface area contributed by atoms with Gasteiger partial charge in [0.2, 0.25) is 0 Å². The molecular weight excluding hydrogens is 619 g/mol. The second-order valence-electron chi connectivity index (χ2n) is 15.7. The average molecular weight is 710 g/mol. The minimum absolute atomic E-state index is 0.811. The van der Waals surface area contributed by atoms with E-state index in [2.05, 4.69) is 31.4 Å². The van der Waals surface area contributed by atoms with Crippen molar-refractivity contribution in [1.29, 1.82) is 0 Å². The molecule has 3 heteroatoms. The van der Waals surface area contributed by atoms with E-state index in [0.29, 0.717) is 0 Å². The van der Waals surface area contributed by atoms with Gasteiger partial charge in [-0.05, 0) is 12.8 Å². The van der Waals surface area contributed by atoms with E-state index in [1.165, 1.54) is 257 Å². The van der Waals surface area contributed by atoms with Gasteiger partial charge in [0.15, 0.2) is 0 Å². The van der Waals surface area contributed by atoms with Crippen LogP contribution in [0, 0.1) is 0 Å². The molecule has 0 spiro atoms. The number of hydrogen-bond donors (Lipinski definition) is 1. The Bertz CT molecular complexity index is 550. The first-order valence-electron chi connectivity index (χ1n) is 22.7. The maximum absolute atomic E-state index is 5.46. The summed E-state index contributed by atoms with van der Waals surface area (Å²) in [7, 11) is 0. The number of unbranched alkanes of at least 4 members (excludes halogenated alkanes) is 38. The first-order valence-corrected chi connectivity index (χ1v) is 23.6. The smallest absolute Gasteiger partial charge is 0.133 e. The molecule has 0 fully saturated rings. The lowest BCUT2D eigenvalue weighted by atomic mass is 10.0. The molecule has 0 aromatic rings. The normalized spacial score (nSPS) is 11.5. The molecule has 288 valence electrons. The van der Waals surface area contributed by atoms with Crippen molar-refractivity contribution in [2.24, 2.45) is 0 Å². The van der Waals surface area contributed by atoms with Crippen LogP contribution in [0.2, 0.25) is 0 Å². The van der Waals surface area contributed by atoms with Crippen LogP contribution in [0.4, 0.5) is 0 Å². The zero-order chi connectivity index (χ0) is 34.9. The predicted octanol–water partition coefficient (Wildman–Crippen LogP) is 17.1. The molecule has 0 unspecified atom stereocenters. The number of thiocarbonyl (C=S) groups is 1. The summed E-state index contributed by atoms with van der Waals surface area (Å²) in [4.78, 5) is 2.36. The van der Waals surface area contributed by atoms with E-state index in [1.807, 2.05) is 0 Å². The van der Waals surface area contributed by atoms with E-state index in [0.717, 1.165) is 17.4 Å². The lowest BCUT2D eigenvalue weighted by Gasteiger charge is -2.22. The van der Waals surface area contributed by atoms with Crippen molar-refractivity contribution in [3.63, 3.8) is 0 Å². The topological polar surface area (TPSA) is 3.24 Å². The van der Waals surface area contributed by atoms with Gasteiger partial charge >= 0.3 is 0 Å². The van der Waals surface area contributed by atoms with E-state index in [9.17, 15) is 0 Å². The lowest BCUT2D eigenvalue weighted by Crippen LogP contribution is -2.28. The molecule has 0 radical (unpaired) electrons. The van der Waals surface area contributed by atoms with Crippen molar-refractivity contribution in [2.75, 3.05) is 13.1 Å². The zero-order valence-electron chi connectivity index (χ0n) is 33.5. The monoisotopic (exact) mass is 710 g/mol. The summed E-state index contributed by atoms with van der Waals surface area (Å²) in [5.41, 5.74) is 0. The summed E-state index contributed by atoms with van der Waals surface area (Å²) < 4.78 is 0.811. The quantitative estimate of drug-likeness (QED) is 0.0382. The summed E-state index contributed by atoms with van der Waals surface area (Å²) >= 11 is 10.00. The van der Waals surface area contributed by atoms with E-state index in [-0.39, 0.29) is 0 Å². The van der Waals surface area contributed by atoms with Gasteiger partial charge in [0, 0.05) is 13.1 Å². The van der Waals surface area contributed by atoms with Crippen molar-refractivity contribution in [3.05, 3.63) is 0 Å². The zero-order valence-corrected chi connectivity index (χ0v) is 35.2. The summed E-state index contributed by atoms with van der Waals surface area (Å²) in [5.74, 6) is 0. The molecule has 0 saturated carbocycles. The fraction of sp³-hybridized carbons (Fsp3) is 0.978. The Morgan fingerprint density at radius 3 is 0.583 bits per heavy atom. The van der Waals surface area contributed by atoms with Crippen molar-refractivity contribution in [3.8, 4) is 0 Å². The number of thiol groups is 1. The third-order valence-electron chi connectivity index (χ3n) is 10.8. The van der Waals surface area contributed by atoms with Gasteiger partial charge < -0.3 is 4.90 Å². The Morgan fingerprint density at radius 2 is 0.438 bits per heavy atom. The molecular formula is C45H91NS2. The van der Waals surface area contributed by atoms with Gasteiger partial charge in [-0.25, -0.2) is 0 Å².